The summed E-state index contributed by atoms with van der Waals surface area (Å²) in [5, 5.41) is 17.5. The minimum atomic E-state index is -0.631. The van der Waals surface area contributed by atoms with E-state index in [-0.39, 0.29) is 6.04 Å². The third kappa shape index (κ3) is 4.20. The van der Waals surface area contributed by atoms with Crippen molar-refractivity contribution in [2.75, 3.05) is 19.7 Å². The van der Waals surface area contributed by atoms with E-state index in [2.05, 4.69) is 28.6 Å². The zero-order valence-corrected chi connectivity index (χ0v) is 14.6. The van der Waals surface area contributed by atoms with E-state index in [9.17, 15) is 5.11 Å². The van der Waals surface area contributed by atoms with Crippen LogP contribution >= 0.6 is 0 Å². The molecule has 3 N–H and O–H groups in total. The van der Waals surface area contributed by atoms with E-state index in [1.165, 1.54) is 12.0 Å². The molecule has 0 saturated heterocycles. The molecule has 0 radical (unpaired) electrons. The lowest BCUT2D eigenvalue weighted by Gasteiger charge is -2.31. The number of hydrogen-bond acceptors (Lipinski definition) is 3. The van der Waals surface area contributed by atoms with Crippen molar-refractivity contribution in [1.82, 2.24) is 10.6 Å². The molecule has 1 aliphatic carbocycles. The van der Waals surface area contributed by atoms with Gasteiger partial charge in [0.1, 0.15) is 5.75 Å². The first-order valence-corrected chi connectivity index (χ1v) is 9.19. The van der Waals surface area contributed by atoms with Gasteiger partial charge in [-0.25, -0.2) is 0 Å². The Hall–Kier alpha value is -1.75. The third-order valence-corrected chi connectivity index (χ3v) is 4.93. The van der Waals surface area contributed by atoms with Gasteiger partial charge >= 0.3 is 0 Å². The molecule has 5 nitrogen and oxygen atoms in total. The smallest absolute Gasteiger partial charge is 0.191 e. The molecule has 1 aromatic carbocycles. The predicted octanol–water partition coefficient (Wildman–Crippen LogP) is 2.76. The van der Waals surface area contributed by atoms with Gasteiger partial charge in [-0.05, 0) is 25.8 Å². The van der Waals surface area contributed by atoms with E-state index < -0.39 is 5.60 Å². The molecular formula is C19H29N3O2. The van der Waals surface area contributed by atoms with Gasteiger partial charge in [-0.3, -0.25) is 4.99 Å². The van der Waals surface area contributed by atoms with Gasteiger partial charge in [-0.15, -0.1) is 0 Å². The number of guanidine groups is 1. The molecule has 2 aliphatic rings. The zero-order chi connectivity index (χ0) is 16.8. The summed E-state index contributed by atoms with van der Waals surface area (Å²) in [6.07, 6.45) is 6.05. The molecule has 1 saturated carbocycles. The Morgan fingerprint density at radius 3 is 2.88 bits per heavy atom. The molecule has 5 heteroatoms. The Balaban J connectivity index is 1.69. The topological polar surface area (TPSA) is 65.9 Å². The van der Waals surface area contributed by atoms with E-state index in [0.29, 0.717) is 13.2 Å². The van der Waals surface area contributed by atoms with Gasteiger partial charge in [0.05, 0.1) is 24.8 Å². The highest BCUT2D eigenvalue weighted by Crippen LogP contribution is 2.31. The Morgan fingerprint density at radius 2 is 2.08 bits per heavy atom. The van der Waals surface area contributed by atoms with Gasteiger partial charge in [-0.1, -0.05) is 37.5 Å². The predicted molar refractivity (Wildman–Crippen MR) is 96.4 cm³/mol. The lowest BCUT2D eigenvalue weighted by molar-refractivity contribution is 0.0131. The number of nitrogens with one attached hydrogen (secondary N) is 2. The second-order valence-electron chi connectivity index (χ2n) is 6.85. The van der Waals surface area contributed by atoms with Crippen LogP contribution in [0.5, 0.6) is 5.75 Å². The minimum absolute atomic E-state index is 0.189. The van der Waals surface area contributed by atoms with Crippen molar-refractivity contribution in [3.63, 3.8) is 0 Å². The minimum Gasteiger partial charge on any atom is -0.493 e. The van der Waals surface area contributed by atoms with Crippen LogP contribution < -0.4 is 15.4 Å². The molecule has 1 aliphatic heterocycles. The van der Waals surface area contributed by atoms with Crippen molar-refractivity contribution < 1.29 is 9.84 Å². The Morgan fingerprint density at radius 1 is 1.29 bits per heavy atom. The van der Waals surface area contributed by atoms with Crippen molar-refractivity contribution in [3.05, 3.63) is 29.8 Å². The van der Waals surface area contributed by atoms with Gasteiger partial charge in [0, 0.05) is 18.5 Å². The fourth-order valence-corrected chi connectivity index (χ4v) is 3.57. The normalized spacial score (nSPS) is 23.1. The fourth-order valence-electron chi connectivity index (χ4n) is 3.57. The maximum atomic E-state index is 10.7. The molecule has 1 heterocycles. The first-order chi connectivity index (χ1) is 11.7. The maximum absolute atomic E-state index is 10.7. The molecule has 1 unspecified atom stereocenters. The monoisotopic (exact) mass is 331 g/mol. The van der Waals surface area contributed by atoms with Crippen LogP contribution in [0.1, 0.15) is 57.1 Å². The van der Waals surface area contributed by atoms with Crippen LogP contribution in [-0.4, -0.2) is 36.4 Å². The van der Waals surface area contributed by atoms with Gasteiger partial charge in [0.25, 0.3) is 0 Å². The molecule has 132 valence electrons. The number of ether oxygens (including phenoxy) is 1. The second kappa shape index (κ2) is 7.88. The highest BCUT2D eigenvalue weighted by Gasteiger charge is 2.29. The maximum Gasteiger partial charge on any atom is 0.191 e. The third-order valence-electron chi connectivity index (χ3n) is 4.93. The molecule has 1 atom stereocenters. The van der Waals surface area contributed by atoms with E-state index in [1.807, 2.05) is 18.2 Å². The molecule has 0 spiro atoms. The van der Waals surface area contributed by atoms with Gasteiger partial charge in [0.15, 0.2) is 5.96 Å². The number of rotatable bonds is 4. The Bertz CT molecular complexity index is 567. The van der Waals surface area contributed by atoms with Gasteiger partial charge in [0.2, 0.25) is 0 Å². The molecule has 3 rings (SSSR count). The second-order valence-corrected chi connectivity index (χ2v) is 6.85. The van der Waals surface area contributed by atoms with Crippen LogP contribution in [0.25, 0.3) is 0 Å². The number of fused-ring (bicyclic) bond motifs is 1. The standard InChI is InChI=1S/C19H29N3O2/c1-2-20-18(21-14-19(23)11-6-3-7-12-19)22-16-10-13-24-17-9-5-4-8-15(16)17/h4-5,8-9,16,23H,2-3,6-7,10-14H2,1H3,(H2,20,21,22). The summed E-state index contributed by atoms with van der Waals surface area (Å²) < 4.78 is 5.73. The summed E-state index contributed by atoms with van der Waals surface area (Å²) in [5.74, 6) is 1.72. The number of nitrogens with zero attached hydrogens (tertiary/aromatic N) is 1. The highest BCUT2D eigenvalue weighted by molar-refractivity contribution is 5.80. The average Bonchev–Trinajstić information content (AvgIpc) is 2.61. The van der Waals surface area contributed by atoms with Crippen molar-refractivity contribution >= 4 is 5.96 Å². The quantitative estimate of drug-likeness (QED) is 0.586. The Labute approximate surface area is 144 Å². The molecule has 1 aromatic rings. The molecule has 1 fully saturated rings. The van der Waals surface area contributed by atoms with Crippen molar-refractivity contribution in [2.45, 2.75) is 57.1 Å². The van der Waals surface area contributed by atoms with Gasteiger partial charge < -0.3 is 20.5 Å². The van der Waals surface area contributed by atoms with Crippen LogP contribution in [0.3, 0.4) is 0 Å². The zero-order valence-electron chi connectivity index (χ0n) is 14.6. The largest absolute Gasteiger partial charge is 0.493 e. The highest BCUT2D eigenvalue weighted by atomic mass is 16.5. The van der Waals surface area contributed by atoms with Crippen molar-refractivity contribution in [1.29, 1.82) is 0 Å². The average molecular weight is 331 g/mol. The van der Waals surface area contributed by atoms with Gasteiger partial charge in [-0.2, -0.15) is 0 Å². The van der Waals surface area contributed by atoms with Crippen LogP contribution in [0.15, 0.2) is 29.3 Å². The first-order valence-electron chi connectivity index (χ1n) is 9.19. The number of aliphatic hydroxyl groups is 1. The number of para-hydroxylation sites is 1. The number of benzene rings is 1. The summed E-state index contributed by atoms with van der Waals surface area (Å²) in [6, 6.07) is 8.34. The van der Waals surface area contributed by atoms with E-state index in [0.717, 1.165) is 50.4 Å². The van der Waals surface area contributed by atoms with Crippen LogP contribution in [0, 0.1) is 0 Å². The number of aliphatic imine (C=N–C) groups is 1. The van der Waals surface area contributed by atoms with Crippen LogP contribution in [-0.2, 0) is 0 Å². The molecule has 0 aromatic heterocycles. The van der Waals surface area contributed by atoms with E-state index in [4.69, 9.17) is 4.74 Å². The molecular weight excluding hydrogens is 302 g/mol. The molecule has 0 amide bonds. The lowest BCUT2D eigenvalue weighted by Crippen LogP contribution is -2.43. The fraction of sp³-hybridized carbons (Fsp3) is 0.632. The number of hydrogen-bond donors (Lipinski definition) is 3. The summed E-state index contributed by atoms with van der Waals surface area (Å²) in [4.78, 5) is 4.68. The lowest BCUT2D eigenvalue weighted by atomic mass is 9.85. The summed E-state index contributed by atoms with van der Waals surface area (Å²) in [6.45, 7) is 4.03. The SMILES string of the molecule is CCNC(=NCC1(O)CCCCC1)NC1CCOc2ccccc21. The van der Waals surface area contributed by atoms with Crippen molar-refractivity contribution in [2.24, 2.45) is 4.99 Å². The summed E-state index contributed by atoms with van der Waals surface area (Å²) >= 11 is 0. The first kappa shape index (κ1) is 17.1. The van der Waals surface area contributed by atoms with Crippen LogP contribution in [0.4, 0.5) is 0 Å². The van der Waals surface area contributed by atoms with Crippen molar-refractivity contribution in [3.8, 4) is 5.75 Å². The Kier molecular flexibility index (Phi) is 5.61. The van der Waals surface area contributed by atoms with E-state index >= 15 is 0 Å². The molecule has 0 bridgehead atoms. The van der Waals surface area contributed by atoms with Crippen LogP contribution in [0.2, 0.25) is 0 Å². The molecule has 24 heavy (non-hydrogen) atoms. The summed E-state index contributed by atoms with van der Waals surface area (Å²) in [7, 11) is 0. The van der Waals surface area contributed by atoms with E-state index in [1.54, 1.807) is 0 Å². The summed E-state index contributed by atoms with van der Waals surface area (Å²) in [5.41, 5.74) is 0.541.